The number of fused-ring (bicyclic) bond motifs is 1. The second-order valence-corrected chi connectivity index (χ2v) is 10.1. The van der Waals surface area contributed by atoms with E-state index in [2.05, 4.69) is 76.9 Å². The third-order valence-corrected chi connectivity index (χ3v) is 7.11. The van der Waals surface area contributed by atoms with Gasteiger partial charge in [-0.05, 0) is 41.7 Å². The Morgan fingerprint density at radius 3 is 2.54 bits per heavy atom. The molecule has 7 heteroatoms. The second-order valence-electron chi connectivity index (χ2n) is 10.1. The molecule has 1 N–H and O–H groups in total. The number of nitrogens with one attached hydrogen (secondary N) is 1. The molecule has 2 amide bonds. The van der Waals surface area contributed by atoms with Gasteiger partial charge in [-0.1, -0.05) is 72.9 Å². The molecule has 0 atom stereocenters. The first-order valence-corrected chi connectivity index (χ1v) is 13.2. The Balaban J connectivity index is 1.40. The molecular formula is C32H37N5O2. The van der Waals surface area contributed by atoms with E-state index in [1.807, 2.05) is 24.6 Å². The molecule has 0 fully saturated rings. The fraction of sp³-hybridized carbons (Fsp3) is 0.281. The minimum Gasteiger partial charge on any atom is -0.359 e. The third-order valence-electron chi connectivity index (χ3n) is 7.11. The van der Waals surface area contributed by atoms with Gasteiger partial charge in [-0.15, -0.1) is 0 Å². The summed E-state index contributed by atoms with van der Waals surface area (Å²) < 4.78 is 1.90. The molecule has 0 spiro atoms. The number of allylic oxidation sites excluding steroid dienone is 4. The van der Waals surface area contributed by atoms with E-state index in [1.165, 1.54) is 27.2 Å². The van der Waals surface area contributed by atoms with Crippen molar-refractivity contribution >= 4 is 18.1 Å². The molecule has 1 aromatic heterocycles. The topological polar surface area (TPSA) is 70.5 Å². The van der Waals surface area contributed by atoms with E-state index < -0.39 is 0 Å². The van der Waals surface area contributed by atoms with Crippen LogP contribution in [0.1, 0.15) is 35.6 Å². The van der Waals surface area contributed by atoms with Crippen molar-refractivity contribution < 1.29 is 9.59 Å². The predicted octanol–water partition coefficient (Wildman–Crippen LogP) is 4.93. The Bertz CT molecular complexity index is 1400. The van der Waals surface area contributed by atoms with E-state index in [0.29, 0.717) is 12.4 Å². The zero-order valence-electron chi connectivity index (χ0n) is 23.1. The minimum absolute atomic E-state index is 0.110. The standard InChI is InChI=1S/C32H37N5O2/c1-6-23(2)15-24(3)16-25-7-9-26(10-8-25)19-36-20-28-12-11-27(17-29(28)21-36)32-34-18-31(35(32)5)37(22-38)14-13-30(39)33-4/h6-12,15,17-18,22H,1,3,13-14,16,19-21H2,2,4-5H3,(H,33,39)/b23-15-. The normalized spacial score (nSPS) is 13.2. The van der Waals surface area contributed by atoms with Gasteiger partial charge in [-0.25, -0.2) is 4.98 Å². The fourth-order valence-electron chi connectivity index (χ4n) is 4.93. The Morgan fingerprint density at radius 2 is 1.85 bits per heavy atom. The number of imidazole rings is 1. The van der Waals surface area contributed by atoms with Crippen LogP contribution in [0.15, 0.2) is 85.1 Å². The first-order valence-electron chi connectivity index (χ1n) is 13.2. The fourth-order valence-corrected chi connectivity index (χ4v) is 4.93. The third kappa shape index (κ3) is 6.81. The summed E-state index contributed by atoms with van der Waals surface area (Å²) in [4.78, 5) is 31.9. The molecule has 0 saturated carbocycles. The number of aromatic nitrogens is 2. The van der Waals surface area contributed by atoms with Crippen LogP contribution >= 0.6 is 0 Å². The highest BCUT2D eigenvalue weighted by Crippen LogP contribution is 2.30. The highest BCUT2D eigenvalue weighted by molar-refractivity contribution is 5.79. The van der Waals surface area contributed by atoms with Gasteiger partial charge in [0.25, 0.3) is 0 Å². The average Bonchev–Trinajstić information content (AvgIpc) is 3.52. The highest BCUT2D eigenvalue weighted by Gasteiger charge is 2.21. The highest BCUT2D eigenvalue weighted by atomic mass is 16.2. The summed E-state index contributed by atoms with van der Waals surface area (Å²) in [6, 6.07) is 15.3. The summed E-state index contributed by atoms with van der Waals surface area (Å²) in [7, 11) is 3.48. The zero-order valence-corrected chi connectivity index (χ0v) is 23.1. The molecule has 1 aliphatic rings. The van der Waals surface area contributed by atoms with Gasteiger partial charge in [0, 0.05) is 52.3 Å². The molecule has 2 aromatic carbocycles. The van der Waals surface area contributed by atoms with Gasteiger partial charge in [0.2, 0.25) is 12.3 Å². The number of carbonyl (C=O) groups is 2. The maximum Gasteiger partial charge on any atom is 0.221 e. The Morgan fingerprint density at radius 1 is 1.13 bits per heavy atom. The lowest BCUT2D eigenvalue weighted by atomic mass is 10.0. The number of hydrogen-bond acceptors (Lipinski definition) is 4. The second kappa shape index (κ2) is 12.5. The van der Waals surface area contributed by atoms with Gasteiger partial charge in [-0.3, -0.25) is 19.4 Å². The van der Waals surface area contributed by atoms with Crippen LogP contribution < -0.4 is 10.2 Å². The molecule has 3 aromatic rings. The lowest BCUT2D eigenvalue weighted by Crippen LogP contribution is -2.29. The van der Waals surface area contributed by atoms with E-state index in [1.54, 1.807) is 13.2 Å². The number of amides is 2. The summed E-state index contributed by atoms with van der Waals surface area (Å²) in [5.41, 5.74) is 8.36. The van der Waals surface area contributed by atoms with E-state index >= 15 is 0 Å². The number of rotatable bonds is 12. The average molecular weight is 524 g/mol. The van der Waals surface area contributed by atoms with Crippen molar-refractivity contribution in [1.82, 2.24) is 19.8 Å². The number of nitrogens with zero attached hydrogens (tertiary/aromatic N) is 4. The molecule has 0 radical (unpaired) electrons. The predicted molar refractivity (Wildman–Crippen MR) is 157 cm³/mol. The Hall–Kier alpha value is -4.23. The van der Waals surface area contributed by atoms with Crippen molar-refractivity contribution in [3.8, 4) is 11.4 Å². The summed E-state index contributed by atoms with van der Waals surface area (Å²) >= 11 is 0. The molecular weight excluding hydrogens is 486 g/mol. The van der Waals surface area contributed by atoms with Gasteiger partial charge in [0.1, 0.15) is 11.6 Å². The van der Waals surface area contributed by atoms with Crippen LogP contribution in [0.4, 0.5) is 5.82 Å². The van der Waals surface area contributed by atoms with Crippen molar-refractivity contribution in [3.05, 3.63) is 107 Å². The van der Waals surface area contributed by atoms with Crippen LogP contribution in [-0.2, 0) is 42.7 Å². The molecule has 4 rings (SSSR count). The molecule has 7 nitrogen and oxygen atoms in total. The minimum atomic E-state index is -0.110. The maximum atomic E-state index is 11.7. The summed E-state index contributed by atoms with van der Waals surface area (Å²) in [6.45, 7) is 13.0. The van der Waals surface area contributed by atoms with Crippen molar-refractivity contribution in [3.63, 3.8) is 0 Å². The van der Waals surface area contributed by atoms with Gasteiger partial charge in [-0.2, -0.15) is 0 Å². The zero-order chi connectivity index (χ0) is 27.9. The number of anilines is 1. The van der Waals surface area contributed by atoms with Gasteiger partial charge in [0.15, 0.2) is 0 Å². The lowest BCUT2D eigenvalue weighted by molar-refractivity contribution is -0.120. The van der Waals surface area contributed by atoms with Crippen LogP contribution in [0.5, 0.6) is 0 Å². The molecule has 0 bridgehead atoms. The van der Waals surface area contributed by atoms with E-state index in [9.17, 15) is 9.59 Å². The van der Waals surface area contributed by atoms with Crippen LogP contribution in [-0.4, -0.2) is 40.4 Å². The Kier molecular flexibility index (Phi) is 8.94. The SMILES string of the molecule is C=C/C(C)=C\C(=C)Cc1ccc(CN2Cc3ccc(-c4ncc(N(C=O)CCC(=O)NC)n4C)cc3C2)cc1. The van der Waals surface area contributed by atoms with Crippen LogP contribution in [0.3, 0.4) is 0 Å². The lowest BCUT2D eigenvalue weighted by Gasteiger charge is -2.17. The monoisotopic (exact) mass is 523 g/mol. The van der Waals surface area contributed by atoms with Crippen LogP contribution in [0, 0.1) is 0 Å². The summed E-state index contributed by atoms with van der Waals surface area (Å²) in [6.07, 6.45) is 7.41. The molecule has 39 heavy (non-hydrogen) atoms. The van der Waals surface area contributed by atoms with Crippen LogP contribution in [0.25, 0.3) is 11.4 Å². The quantitative estimate of drug-likeness (QED) is 0.270. The summed E-state index contributed by atoms with van der Waals surface area (Å²) in [5.74, 6) is 1.33. The largest absolute Gasteiger partial charge is 0.359 e. The van der Waals surface area contributed by atoms with Crippen molar-refractivity contribution in [2.24, 2.45) is 7.05 Å². The van der Waals surface area contributed by atoms with Gasteiger partial charge in [0.05, 0.1) is 6.20 Å². The smallest absolute Gasteiger partial charge is 0.221 e. The summed E-state index contributed by atoms with van der Waals surface area (Å²) in [5, 5.41) is 2.58. The van der Waals surface area contributed by atoms with Gasteiger partial charge >= 0.3 is 0 Å². The number of benzene rings is 2. The molecule has 0 aliphatic carbocycles. The van der Waals surface area contributed by atoms with Crippen molar-refractivity contribution in [2.75, 3.05) is 18.5 Å². The van der Waals surface area contributed by atoms with E-state index in [-0.39, 0.29) is 12.3 Å². The molecule has 0 unspecified atom stereocenters. The first kappa shape index (κ1) is 27.8. The molecule has 2 heterocycles. The molecule has 1 aliphatic heterocycles. The van der Waals surface area contributed by atoms with E-state index in [4.69, 9.17) is 0 Å². The number of carbonyl (C=O) groups excluding carboxylic acids is 2. The molecule has 202 valence electrons. The first-order chi connectivity index (χ1) is 18.8. The maximum absolute atomic E-state index is 11.7. The molecule has 0 saturated heterocycles. The van der Waals surface area contributed by atoms with E-state index in [0.717, 1.165) is 55.0 Å². The van der Waals surface area contributed by atoms with Gasteiger partial charge < -0.3 is 9.88 Å². The van der Waals surface area contributed by atoms with Crippen molar-refractivity contribution in [1.29, 1.82) is 0 Å². The Labute approximate surface area is 231 Å². The van der Waals surface area contributed by atoms with Crippen molar-refractivity contribution in [2.45, 2.75) is 39.4 Å². The number of hydrogen-bond donors (Lipinski definition) is 1. The van der Waals surface area contributed by atoms with Crippen LogP contribution in [0.2, 0.25) is 0 Å².